The van der Waals surface area contributed by atoms with E-state index in [1.807, 2.05) is 0 Å². The van der Waals surface area contributed by atoms with Crippen molar-refractivity contribution < 1.29 is 75.8 Å². The van der Waals surface area contributed by atoms with Crippen molar-refractivity contribution in [3.8, 4) is 5.75 Å². The van der Waals surface area contributed by atoms with Crippen LogP contribution in [0.1, 0.15) is 54.0 Å². The van der Waals surface area contributed by atoms with Crippen molar-refractivity contribution in [1.29, 1.82) is 0 Å². The summed E-state index contributed by atoms with van der Waals surface area (Å²) in [7, 11) is 0. The Hall–Kier alpha value is -5.07. The molecular weight excluding hydrogens is 694 g/mol. The van der Waals surface area contributed by atoms with Gasteiger partial charge in [-0.2, -0.15) is 0 Å². The number of carbonyl (C=O) groups excluding carboxylic acids is 6. The molecule has 2 fully saturated rings. The normalized spacial score (nSPS) is 28.5. The molecule has 284 valence electrons. The van der Waals surface area contributed by atoms with Crippen molar-refractivity contribution in [2.75, 3.05) is 6.61 Å². The maximum atomic E-state index is 12.7. The highest BCUT2D eigenvalue weighted by Crippen LogP contribution is 2.35. The van der Waals surface area contributed by atoms with Crippen molar-refractivity contribution in [1.82, 2.24) is 5.32 Å². The molecule has 0 saturated carbocycles. The Kier molecular flexibility index (Phi) is 13.0. The van der Waals surface area contributed by atoms with E-state index < -0.39 is 109 Å². The van der Waals surface area contributed by atoms with Gasteiger partial charge in [0.15, 0.2) is 30.7 Å². The molecule has 2 saturated heterocycles. The lowest BCUT2D eigenvalue weighted by Gasteiger charge is -2.49. The topological polar surface area (TPSA) is 228 Å². The Balaban J connectivity index is 1.83. The Morgan fingerprint density at radius 2 is 1.31 bits per heavy atom. The summed E-state index contributed by atoms with van der Waals surface area (Å²) >= 11 is 0. The summed E-state index contributed by atoms with van der Waals surface area (Å²) in [5.74, 6) is -4.45. The van der Waals surface area contributed by atoms with Gasteiger partial charge in [-0.1, -0.05) is 0 Å². The zero-order chi connectivity index (χ0) is 38.4. The minimum absolute atomic E-state index is 0.108. The molecule has 2 aliphatic heterocycles. The largest absolute Gasteiger partial charge is 0.463 e. The molecule has 1 aromatic heterocycles. The van der Waals surface area contributed by atoms with Crippen molar-refractivity contribution in [3.63, 3.8) is 0 Å². The number of hydrogen-bond donors (Lipinski definition) is 1. The van der Waals surface area contributed by atoms with Gasteiger partial charge in [-0.05, 0) is 31.5 Å². The van der Waals surface area contributed by atoms with Crippen LogP contribution >= 0.6 is 0 Å². The van der Waals surface area contributed by atoms with Gasteiger partial charge in [0.2, 0.25) is 12.2 Å². The monoisotopic (exact) mass is 735 g/mol. The van der Waals surface area contributed by atoms with Crippen molar-refractivity contribution in [2.45, 2.75) is 117 Å². The van der Waals surface area contributed by atoms with Crippen LogP contribution in [0.3, 0.4) is 0 Å². The lowest BCUT2D eigenvalue weighted by molar-refractivity contribution is -0.338. The van der Waals surface area contributed by atoms with Crippen LogP contribution in [0.2, 0.25) is 0 Å². The molecule has 18 heteroatoms. The molecule has 0 aliphatic carbocycles. The highest BCUT2D eigenvalue weighted by Gasteiger charge is 2.56. The van der Waals surface area contributed by atoms with E-state index in [0.29, 0.717) is 10.9 Å². The number of esters is 5. The zero-order valence-electron chi connectivity index (χ0n) is 29.7. The first-order chi connectivity index (χ1) is 24.4. The van der Waals surface area contributed by atoms with E-state index in [9.17, 15) is 33.6 Å². The number of hydrogen-bond acceptors (Lipinski definition) is 17. The molecule has 52 heavy (non-hydrogen) atoms. The highest BCUT2D eigenvalue weighted by atomic mass is 16.8. The van der Waals surface area contributed by atoms with Crippen LogP contribution in [-0.4, -0.2) is 104 Å². The third kappa shape index (κ3) is 10.0. The van der Waals surface area contributed by atoms with Crippen LogP contribution in [0.15, 0.2) is 33.5 Å². The number of carbonyl (C=O) groups is 6. The van der Waals surface area contributed by atoms with E-state index in [4.69, 9.17) is 47.0 Å². The van der Waals surface area contributed by atoms with Gasteiger partial charge in [-0.3, -0.25) is 28.8 Å². The summed E-state index contributed by atoms with van der Waals surface area (Å²) < 4.78 is 57.5. The number of amides is 1. The second kappa shape index (κ2) is 17.0. The summed E-state index contributed by atoms with van der Waals surface area (Å²) in [6.07, 6.45) is -12.7. The molecule has 0 spiro atoms. The number of aryl methyl sites for hydroxylation is 1. The number of benzene rings is 1. The van der Waals surface area contributed by atoms with E-state index in [1.165, 1.54) is 26.0 Å². The van der Waals surface area contributed by atoms with Gasteiger partial charge in [-0.15, -0.1) is 0 Å². The summed E-state index contributed by atoms with van der Waals surface area (Å²) in [6, 6.07) is 4.59. The molecule has 4 rings (SSSR count). The predicted octanol–water partition coefficient (Wildman–Crippen LogP) is 1.13. The molecule has 1 aromatic carbocycles. The quantitative estimate of drug-likeness (QED) is 0.194. The molecule has 0 unspecified atom stereocenters. The molecule has 1 N–H and O–H groups in total. The minimum Gasteiger partial charge on any atom is -0.463 e. The molecular formula is C34H41NO17. The SMILES string of the molecule is CC(=O)N[C@H]1[C@H](Oc2ccc3c(C)cc(=O)oc3c2)O[C@H](COC(C)=O)[C@@H](OC(C)=O)[C@@H]1O[C@@H]1O[C@@H](C)[C@@H](OC(C)=O)[C@@H](OC(C)=O)[C@@H]1OC(C)=O. The lowest BCUT2D eigenvalue weighted by Crippen LogP contribution is -2.69. The highest BCUT2D eigenvalue weighted by molar-refractivity contribution is 5.81. The van der Waals surface area contributed by atoms with Gasteiger partial charge in [0.25, 0.3) is 0 Å². The van der Waals surface area contributed by atoms with Gasteiger partial charge in [-0.25, -0.2) is 4.79 Å². The molecule has 2 aliphatic rings. The minimum atomic E-state index is -1.64. The number of nitrogens with one attached hydrogen (secondary N) is 1. The summed E-state index contributed by atoms with van der Waals surface area (Å²) in [4.78, 5) is 85.8. The van der Waals surface area contributed by atoms with Gasteiger partial charge in [0.05, 0.1) is 6.10 Å². The fourth-order valence-corrected chi connectivity index (χ4v) is 5.97. The van der Waals surface area contributed by atoms with E-state index in [0.717, 1.165) is 34.6 Å². The third-order valence-corrected chi connectivity index (χ3v) is 7.87. The first kappa shape index (κ1) is 39.7. The second-order valence-electron chi connectivity index (χ2n) is 12.2. The van der Waals surface area contributed by atoms with Crippen molar-refractivity contribution in [3.05, 3.63) is 40.2 Å². The molecule has 10 atom stereocenters. The van der Waals surface area contributed by atoms with Crippen LogP contribution in [0.5, 0.6) is 5.75 Å². The number of ether oxygens (including phenoxy) is 9. The summed E-state index contributed by atoms with van der Waals surface area (Å²) in [6.45, 7) is 9.44. The third-order valence-electron chi connectivity index (χ3n) is 7.87. The summed E-state index contributed by atoms with van der Waals surface area (Å²) in [5, 5.41) is 3.30. The number of fused-ring (bicyclic) bond motifs is 1. The average Bonchev–Trinajstić information content (AvgIpc) is 3.01. The fraction of sp³-hybridized carbons (Fsp3) is 0.559. The van der Waals surface area contributed by atoms with Crippen LogP contribution in [0, 0.1) is 6.92 Å². The van der Waals surface area contributed by atoms with Crippen LogP contribution in [-0.2, 0) is 66.7 Å². The van der Waals surface area contributed by atoms with E-state index in [-0.39, 0.29) is 11.3 Å². The Morgan fingerprint density at radius 3 is 1.90 bits per heavy atom. The van der Waals surface area contributed by atoms with Crippen molar-refractivity contribution >= 4 is 46.7 Å². The standard InChI is InChI=1S/C34H41NO17/c1-14-11-26(42)50-24-12-22(9-10-23(14)24)49-33-27(35-16(3)36)30(29(46-19(6)39)25(51-33)13-43-17(4)37)52-34-32(48-21(8)41)31(47-20(7)40)28(15(2)44-34)45-18(5)38/h9-12,15,25,27-34H,13H2,1-8H3,(H,35,36)/t15-,25+,27+,28+,29+,30+,31+,32-,33+,34-/m0/s1. The molecule has 3 heterocycles. The average molecular weight is 736 g/mol. The van der Waals surface area contributed by atoms with E-state index >= 15 is 0 Å². The van der Waals surface area contributed by atoms with Gasteiger partial charge < -0.3 is 52.4 Å². The van der Waals surface area contributed by atoms with Gasteiger partial charge >= 0.3 is 35.5 Å². The first-order valence-corrected chi connectivity index (χ1v) is 16.2. The van der Waals surface area contributed by atoms with Gasteiger partial charge in [0, 0.05) is 59.1 Å². The van der Waals surface area contributed by atoms with Gasteiger partial charge in [0.1, 0.15) is 36.2 Å². The van der Waals surface area contributed by atoms with Crippen LogP contribution in [0.4, 0.5) is 0 Å². The summed E-state index contributed by atoms with van der Waals surface area (Å²) in [5.41, 5.74) is 0.233. The Morgan fingerprint density at radius 1 is 0.712 bits per heavy atom. The fourth-order valence-electron chi connectivity index (χ4n) is 5.97. The maximum Gasteiger partial charge on any atom is 0.336 e. The first-order valence-electron chi connectivity index (χ1n) is 16.2. The van der Waals surface area contributed by atoms with Crippen LogP contribution in [0.25, 0.3) is 11.0 Å². The van der Waals surface area contributed by atoms with Crippen molar-refractivity contribution in [2.24, 2.45) is 0 Å². The number of rotatable bonds is 11. The Labute approximate surface area is 297 Å². The molecule has 18 nitrogen and oxygen atoms in total. The molecule has 0 bridgehead atoms. The van der Waals surface area contributed by atoms with E-state index in [2.05, 4.69) is 5.32 Å². The molecule has 2 aromatic rings. The maximum absolute atomic E-state index is 12.7. The smallest absolute Gasteiger partial charge is 0.336 e. The van der Waals surface area contributed by atoms with Crippen LogP contribution < -0.4 is 15.7 Å². The lowest BCUT2D eigenvalue weighted by atomic mass is 9.94. The predicted molar refractivity (Wildman–Crippen MR) is 172 cm³/mol. The zero-order valence-corrected chi connectivity index (χ0v) is 29.7. The molecule has 1 amide bonds. The molecule has 0 radical (unpaired) electrons. The second-order valence-corrected chi connectivity index (χ2v) is 12.2. The van der Waals surface area contributed by atoms with E-state index in [1.54, 1.807) is 19.1 Å². The Bertz CT molecular complexity index is 1740.